The molecule has 186 valence electrons. The molecule has 0 atom stereocenters. The zero-order chi connectivity index (χ0) is 25.2. The van der Waals surface area contributed by atoms with Crippen molar-refractivity contribution in [3.8, 4) is 11.6 Å². The lowest BCUT2D eigenvalue weighted by Gasteiger charge is -2.57. The van der Waals surface area contributed by atoms with E-state index in [9.17, 15) is 14.7 Å². The highest BCUT2D eigenvalue weighted by Crippen LogP contribution is 2.61. The van der Waals surface area contributed by atoms with Gasteiger partial charge in [0.25, 0.3) is 5.56 Å². The lowest BCUT2D eigenvalue weighted by Crippen LogP contribution is -2.48. The molecule has 4 bridgehead atoms. The van der Waals surface area contributed by atoms with Gasteiger partial charge in [0.2, 0.25) is 5.88 Å². The number of benzene rings is 2. The minimum atomic E-state index is -0.753. The number of aliphatic imine (C=N–C) groups is 1. The van der Waals surface area contributed by atoms with Gasteiger partial charge in [0.05, 0.1) is 21.4 Å². The third-order valence-corrected chi connectivity index (χ3v) is 9.67. The Labute approximate surface area is 226 Å². The molecule has 0 radical (unpaired) electrons. The number of hydrogen-bond donors (Lipinski definition) is 2. The van der Waals surface area contributed by atoms with Crippen molar-refractivity contribution >= 4 is 51.0 Å². The number of aromatic hydroxyl groups is 1. The Morgan fingerprint density at radius 1 is 1.06 bits per heavy atom. The second-order valence-electron chi connectivity index (χ2n) is 10.5. The number of aromatic amines is 1. The first-order valence-electron chi connectivity index (χ1n) is 12.1. The quantitative estimate of drug-likeness (QED) is 0.340. The van der Waals surface area contributed by atoms with Crippen LogP contribution < -0.4 is 11.2 Å². The molecule has 7 rings (SSSR count). The maximum atomic E-state index is 12.8. The predicted molar refractivity (Wildman–Crippen MR) is 146 cm³/mol. The summed E-state index contributed by atoms with van der Waals surface area (Å²) in [5, 5.41) is 11.5. The Kier molecular flexibility index (Phi) is 5.93. The van der Waals surface area contributed by atoms with Crippen LogP contribution in [0.15, 0.2) is 55.5 Å². The average molecular weight is 589 g/mol. The minimum absolute atomic E-state index is 0.164. The van der Waals surface area contributed by atoms with Gasteiger partial charge in [-0.3, -0.25) is 14.8 Å². The molecule has 4 saturated carbocycles. The molecule has 0 aliphatic heterocycles. The van der Waals surface area contributed by atoms with Gasteiger partial charge in [0.15, 0.2) is 0 Å². The van der Waals surface area contributed by atoms with E-state index in [1.807, 2.05) is 6.07 Å². The van der Waals surface area contributed by atoms with Crippen LogP contribution in [0.25, 0.3) is 5.69 Å². The van der Waals surface area contributed by atoms with E-state index in [0.717, 1.165) is 22.3 Å². The van der Waals surface area contributed by atoms with Gasteiger partial charge in [-0.1, -0.05) is 35.3 Å². The van der Waals surface area contributed by atoms with Crippen molar-refractivity contribution in [3.05, 3.63) is 82.9 Å². The van der Waals surface area contributed by atoms with Crippen LogP contribution in [-0.4, -0.2) is 20.9 Å². The highest BCUT2D eigenvalue weighted by Gasteiger charge is 2.51. The molecular weight excluding hydrogens is 565 g/mol. The van der Waals surface area contributed by atoms with E-state index < -0.39 is 17.1 Å². The Morgan fingerprint density at radius 3 is 2.36 bits per heavy atom. The molecule has 1 heterocycles. The highest BCUT2D eigenvalue weighted by atomic mass is 79.9. The largest absolute Gasteiger partial charge is 0.493 e. The lowest BCUT2D eigenvalue weighted by molar-refractivity contribution is -0.00521. The SMILES string of the molecule is O=c1[nH]c(=O)n(-c2ccc(C34CC5CC(CC(C5)C3)C4)cc2Br)c(O)c1C=Nc1cccc(Cl)c1Cl. The van der Waals surface area contributed by atoms with Gasteiger partial charge in [0, 0.05) is 10.7 Å². The average Bonchev–Trinajstić information content (AvgIpc) is 2.81. The van der Waals surface area contributed by atoms with Crippen LogP contribution in [0.1, 0.15) is 49.7 Å². The number of nitrogens with zero attached hydrogens (tertiary/aromatic N) is 2. The molecule has 0 saturated heterocycles. The van der Waals surface area contributed by atoms with E-state index in [1.54, 1.807) is 18.2 Å². The minimum Gasteiger partial charge on any atom is -0.493 e. The third kappa shape index (κ3) is 3.96. The standard InChI is InChI=1S/C27H24BrCl2N3O3/c28-19-9-17(27-10-14-6-15(11-27)8-16(7-14)12-27)4-5-22(19)33-25(35)18(24(34)32-26(33)36)13-31-21-3-1-2-20(29)23(21)30/h1-5,9,13-16,35H,6-8,10-12H2,(H,32,34,36). The topological polar surface area (TPSA) is 87.5 Å². The summed E-state index contributed by atoms with van der Waals surface area (Å²) in [4.78, 5) is 31.8. The second-order valence-corrected chi connectivity index (χ2v) is 12.2. The van der Waals surface area contributed by atoms with Gasteiger partial charge >= 0.3 is 5.69 Å². The van der Waals surface area contributed by atoms with Crippen molar-refractivity contribution in [3.63, 3.8) is 0 Å². The van der Waals surface area contributed by atoms with E-state index in [2.05, 4.69) is 38.0 Å². The number of H-pyrrole nitrogens is 1. The Balaban J connectivity index is 1.39. The van der Waals surface area contributed by atoms with E-state index in [0.29, 0.717) is 20.9 Å². The zero-order valence-corrected chi connectivity index (χ0v) is 22.4. The molecule has 6 nitrogen and oxygen atoms in total. The zero-order valence-electron chi connectivity index (χ0n) is 19.3. The molecule has 4 aliphatic rings. The Bertz CT molecular complexity index is 1490. The first-order chi connectivity index (χ1) is 17.2. The van der Waals surface area contributed by atoms with E-state index in [1.165, 1.54) is 50.3 Å². The first kappa shape index (κ1) is 24.0. The predicted octanol–water partition coefficient (Wildman–Crippen LogP) is 6.52. The number of halogens is 3. The van der Waals surface area contributed by atoms with Gasteiger partial charge < -0.3 is 5.11 Å². The smallest absolute Gasteiger partial charge is 0.335 e. The number of aromatic nitrogens is 2. The fraction of sp³-hybridized carbons (Fsp3) is 0.370. The Morgan fingerprint density at radius 2 is 1.72 bits per heavy atom. The third-order valence-electron chi connectivity index (χ3n) is 8.22. The van der Waals surface area contributed by atoms with Crippen LogP contribution in [0.3, 0.4) is 0 Å². The van der Waals surface area contributed by atoms with Crippen molar-refractivity contribution in [1.82, 2.24) is 9.55 Å². The number of rotatable bonds is 4. The van der Waals surface area contributed by atoms with Crippen LogP contribution in [0.4, 0.5) is 5.69 Å². The van der Waals surface area contributed by atoms with Crippen molar-refractivity contribution in [1.29, 1.82) is 0 Å². The molecule has 36 heavy (non-hydrogen) atoms. The van der Waals surface area contributed by atoms with Crippen LogP contribution in [-0.2, 0) is 5.41 Å². The summed E-state index contributed by atoms with van der Waals surface area (Å²) < 4.78 is 1.76. The molecule has 0 amide bonds. The van der Waals surface area contributed by atoms with Gasteiger partial charge in [-0.15, -0.1) is 0 Å². The van der Waals surface area contributed by atoms with Gasteiger partial charge in [-0.05, 0) is 107 Å². The monoisotopic (exact) mass is 587 g/mol. The second kappa shape index (κ2) is 8.89. The summed E-state index contributed by atoms with van der Waals surface area (Å²) in [5.74, 6) is 1.94. The van der Waals surface area contributed by atoms with Crippen LogP contribution >= 0.6 is 39.1 Å². The normalized spacial score (nSPS) is 26.7. The summed E-state index contributed by atoms with van der Waals surface area (Å²) in [5.41, 5.74) is 0.603. The molecule has 2 N–H and O–H groups in total. The van der Waals surface area contributed by atoms with Crippen LogP contribution in [0.2, 0.25) is 10.0 Å². The lowest BCUT2D eigenvalue weighted by atomic mass is 9.48. The van der Waals surface area contributed by atoms with E-state index in [4.69, 9.17) is 23.2 Å². The van der Waals surface area contributed by atoms with Crippen molar-refractivity contribution in [2.24, 2.45) is 22.7 Å². The van der Waals surface area contributed by atoms with E-state index in [-0.39, 0.29) is 16.0 Å². The summed E-state index contributed by atoms with van der Waals surface area (Å²) in [6.45, 7) is 0. The molecule has 4 fully saturated rings. The van der Waals surface area contributed by atoms with Crippen LogP contribution in [0, 0.1) is 17.8 Å². The molecular formula is C27H24BrCl2N3O3. The Hall–Kier alpha value is -2.35. The molecule has 0 spiro atoms. The van der Waals surface area contributed by atoms with E-state index >= 15 is 0 Å². The summed E-state index contributed by atoms with van der Waals surface area (Å²) in [6, 6.07) is 10.9. The number of nitrogens with one attached hydrogen (secondary N) is 1. The van der Waals surface area contributed by atoms with Crippen molar-refractivity contribution < 1.29 is 5.11 Å². The summed E-state index contributed by atoms with van der Waals surface area (Å²) >= 11 is 15.9. The fourth-order valence-corrected chi connectivity index (χ4v) is 7.99. The van der Waals surface area contributed by atoms with Crippen molar-refractivity contribution in [2.75, 3.05) is 0 Å². The summed E-state index contributed by atoms with van der Waals surface area (Å²) in [7, 11) is 0. The van der Waals surface area contributed by atoms with Gasteiger partial charge in [0.1, 0.15) is 5.56 Å². The highest BCUT2D eigenvalue weighted by molar-refractivity contribution is 9.10. The molecule has 9 heteroatoms. The molecule has 1 aromatic heterocycles. The maximum absolute atomic E-state index is 12.8. The van der Waals surface area contributed by atoms with Gasteiger partial charge in [-0.25, -0.2) is 9.36 Å². The first-order valence-corrected chi connectivity index (χ1v) is 13.7. The fourth-order valence-electron chi connectivity index (χ4n) is 7.09. The number of hydrogen-bond acceptors (Lipinski definition) is 4. The van der Waals surface area contributed by atoms with Gasteiger partial charge in [-0.2, -0.15) is 0 Å². The van der Waals surface area contributed by atoms with Crippen LogP contribution in [0.5, 0.6) is 5.88 Å². The molecule has 0 unspecified atom stereocenters. The summed E-state index contributed by atoms with van der Waals surface area (Å²) in [6.07, 6.45) is 8.95. The molecule has 4 aliphatic carbocycles. The molecule has 2 aromatic carbocycles. The maximum Gasteiger partial charge on any atom is 0.335 e. The molecule has 3 aromatic rings. The van der Waals surface area contributed by atoms with Crippen molar-refractivity contribution in [2.45, 2.75) is 43.9 Å².